The Morgan fingerprint density at radius 3 is 1.57 bits per heavy atom. The zero-order valence-corrected chi connectivity index (χ0v) is 28.7. The second kappa shape index (κ2) is 11.5. The molecule has 0 unspecified atom stereocenters. The number of hydrogen-bond acceptors (Lipinski definition) is 3. The van der Waals surface area contributed by atoms with E-state index >= 15 is 0 Å². The quantitative estimate of drug-likeness (QED) is 0.187. The number of aromatic nitrogens is 3. The van der Waals surface area contributed by atoms with Crippen LogP contribution in [0.3, 0.4) is 0 Å². The highest BCUT2D eigenvalue weighted by atomic mass is 14.9. The van der Waals surface area contributed by atoms with Gasteiger partial charge in [0.1, 0.15) is 5.69 Å². The molecule has 2 aliphatic rings. The fourth-order valence-electron chi connectivity index (χ4n) is 8.79. The van der Waals surface area contributed by atoms with Crippen LogP contribution in [0.5, 0.6) is 0 Å². The summed E-state index contributed by atoms with van der Waals surface area (Å²) in [6.45, 7) is 0. The fraction of sp³-hybridized carbons (Fsp3) is 0.0200. The number of nitrogens with zero attached hydrogens (tertiary/aromatic N) is 3. The van der Waals surface area contributed by atoms with Gasteiger partial charge in [0, 0.05) is 16.5 Å². The first kappa shape index (κ1) is 29.7. The van der Waals surface area contributed by atoms with Crippen LogP contribution in [0.2, 0.25) is 0 Å². The smallest absolute Gasteiger partial charge is 0.179 e. The summed E-state index contributed by atoms with van der Waals surface area (Å²) in [4.78, 5) is 15.2. The average molecular weight is 674 g/mol. The predicted octanol–water partition coefficient (Wildman–Crippen LogP) is 12.0. The molecular formula is C50H31N3. The lowest BCUT2D eigenvalue weighted by Gasteiger charge is -2.30. The summed E-state index contributed by atoms with van der Waals surface area (Å²) in [5.41, 5.74) is 18.0. The molecule has 7 aromatic carbocycles. The van der Waals surface area contributed by atoms with Crippen LogP contribution in [-0.4, -0.2) is 15.0 Å². The summed E-state index contributed by atoms with van der Waals surface area (Å²) in [6, 6.07) is 67.4. The summed E-state index contributed by atoms with van der Waals surface area (Å²) < 4.78 is 0. The van der Waals surface area contributed by atoms with E-state index in [2.05, 4.69) is 146 Å². The Labute approximate surface area is 308 Å². The molecule has 2 heterocycles. The zero-order valence-electron chi connectivity index (χ0n) is 28.7. The first-order valence-corrected chi connectivity index (χ1v) is 18.1. The Hall–Kier alpha value is -6.97. The maximum absolute atomic E-state index is 5.16. The molecule has 3 nitrogen and oxygen atoms in total. The fourth-order valence-corrected chi connectivity index (χ4v) is 8.79. The van der Waals surface area contributed by atoms with Crippen LogP contribution >= 0.6 is 0 Å². The van der Waals surface area contributed by atoms with Crippen LogP contribution in [0.25, 0.3) is 78.3 Å². The molecule has 0 saturated carbocycles. The second-order valence-corrected chi connectivity index (χ2v) is 13.9. The number of benzene rings is 7. The van der Waals surface area contributed by atoms with Crippen LogP contribution in [0.4, 0.5) is 0 Å². The minimum absolute atomic E-state index is 0.383. The Morgan fingerprint density at radius 2 is 0.849 bits per heavy atom. The van der Waals surface area contributed by atoms with Gasteiger partial charge in [-0.25, -0.2) is 15.0 Å². The topological polar surface area (TPSA) is 38.7 Å². The minimum Gasteiger partial charge on any atom is -0.244 e. The predicted molar refractivity (Wildman–Crippen MR) is 215 cm³/mol. The molecule has 246 valence electrons. The third-order valence-corrected chi connectivity index (χ3v) is 11.1. The molecule has 3 heteroatoms. The van der Waals surface area contributed by atoms with Crippen LogP contribution in [0.1, 0.15) is 22.3 Å². The molecule has 0 bridgehead atoms. The lowest BCUT2D eigenvalue weighted by atomic mass is 9.70. The number of hydrogen-bond donors (Lipinski definition) is 0. The van der Waals surface area contributed by atoms with Crippen molar-refractivity contribution in [2.45, 2.75) is 5.41 Å². The van der Waals surface area contributed by atoms with Gasteiger partial charge in [0.25, 0.3) is 0 Å². The van der Waals surface area contributed by atoms with Gasteiger partial charge >= 0.3 is 0 Å². The Bertz CT molecular complexity index is 2840. The van der Waals surface area contributed by atoms with E-state index in [0.29, 0.717) is 5.82 Å². The van der Waals surface area contributed by atoms with Crippen molar-refractivity contribution in [2.75, 3.05) is 0 Å². The normalized spacial score (nSPS) is 13.1. The van der Waals surface area contributed by atoms with Crippen LogP contribution < -0.4 is 0 Å². The molecule has 1 spiro atoms. The van der Waals surface area contributed by atoms with Crippen molar-refractivity contribution in [1.29, 1.82) is 0 Å². The summed E-state index contributed by atoms with van der Waals surface area (Å²) >= 11 is 0. The lowest BCUT2D eigenvalue weighted by Crippen LogP contribution is -2.25. The number of fused-ring (bicyclic) bond motifs is 11. The van der Waals surface area contributed by atoms with Gasteiger partial charge in [-0.1, -0.05) is 158 Å². The van der Waals surface area contributed by atoms with E-state index in [1.807, 2.05) is 42.5 Å². The van der Waals surface area contributed by atoms with E-state index in [1.54, 1.807) is 0 Å². The third-order valence-electron chi connectivity index (χ3n) is 11.1. The molecule has 0 saturated heterocycles. The van der Waals surface area contributed by atoms with Crippen molar-refractivity contribution in [2.24, 2.45) is 0 Å². The standard InChI is InChI=1S/C50H31N3/c1-2-13-32(14-3-1)47-31-48(53-49(52-47)46-28-26-33-15-4-11-24-45(33)51-46)36-17-12-16-34(29-36)35-25-27-40-39-20-7-10-23-43(39)50(44(40)30-35)41-21-8-5-18-37(41)38-19-6-9-22-42(38)50/h1-31H. The van der Waals surface area contributed by atoms with Gasteiger partial charge < -0.3 is 0 Å². The first-order chi connectivity index (χ1) is 26.3. The van der Waals surface area contributed by atoms with Crippen molar-refractivity contribution >= 4 is 10.9 Å². The van der Waals surface area contributed by atoms with E-state index in [4.69, 9.17) is 15.0 Å². The highest BCUT2D eigenvalue weighted by Gasteiger charge is 2.51. The van der Waals surface area contributed by atoms with E-state index < -0.39 is 0 Å². The summed E-state index contributed by atoms with van der Waals surface area (Å²) in [7, 11) is 0. The second-order valence-electron chi connectivity index (χ2n) is 13.9. The van der Waals surface area contributed by atoms with Crippen LogP contribution in [-0.2, 0) is 5.41 Å². The highest BCUT2D eigenvalue weighted by Crippen LogP contribution is 2.63. The van der Waals surface area contributed by atoms with Crippen molar-refractivity contribution in [3.63, 3.8) is 0 Å². The van der Waals surface area contributed by atoms with Gasteiger partial charge in [-0.2, -0.15) is 0 Å². The molecule has 0 N–H and O–H groups in total. The molecule has 2 aromatic heterocycles. The minimum atomic E-state index is -0.383. The SMILES string of the molecule is c1ccc(-c2cc(-c3cccc(-c4ccc5c(c4)C4(c6ccccc6-c6ccccc64)c4ccccc4-5)c3)nc(-c3ccc4ccccc4n3)n2)cc1. The highest BCUT2D eigenvalue weighted by molar-refractivity contribution is 5.96. The molecule has 0 amide bonds. The van der Waals surface area contributed by atoms with E-state index in [-0.39, 0.29) is 5.41 Å². The number of para-hydroxylation sites is 1. The summed E-state index contributed by atoms with van der Waals surface area (Å²) in [5, 5.41) is 1.09. The van der Waals surface area contributed by atoms with E-state index in [9.17, 15) is 0 Å². The van der Waals surface area contributed by atoms with Gasteiger partial charge in [0.2, 0.25) is 0 Å². The molecule has 0 aliphatic heterocycles. The molecule has 53 heavy (non-hydrogen) atoms. The molecule has 11 rings (SSSR count). The Kier molecular flexibility index (Phi) is 6.47. The van der Waals surface area contributed by atoms with Gasteiger partial charge in [-0.3, -0.25) is 0 Å². The maximum atomic E-state index is 5.16. The van der Waals surface area contributed by atoms with Crippen LogP contribution in [0, 0.1) is 0 Å². The van der Waals surface area contributed by atoms with Crippen LogP contribution in [0.15, 0.2) is 188 Å². The van der Waals surface area contributed by atoms with E-state index in [1.165, 1.54) is 50.1 Å². The lowest BCUT2D eigenvalue weighted by molar-refractivity contribution is 0.794. The van der Waals surface area contributed by atoms with E-state index in [0.717, 1.165) is 44.7 Å². The van der Waals surface area contributed by atoms with Gasteiger partial charge in [-0.05, 0) is 86.0 Å². The first-order valence-electron chi connectivity index (χ1n) is 18.1. The zero-order chi connectivity index (χ0) is 34.9. The van der Waals surface area contributed by atoms with Crippen molar-refractivity contribution in [3.8, 4) is 67.4 Å². The molecular weight excluding hydrogens is 643 g/mol. The van der Waals surface area contributed by atoms with Crippen molar-refractivity contribution in [3.05, 3.63) is 210 Å². The molecule has 0 fully saturated rings. The molecule has 9 aromatic rings. The third kappa shape index (κ3) is 4.44. The Morgan fingerprint density at radius 1 is 0.302 bits per heavy atom. The monoisotopic (exact) mass is 673 g/mol. The van der Waals surface area contributed by atoms with Gasteiger partial charge in [-0.15, -0.1) is 0 Å². The van der Waals surface area contributed by atoms with Gasteiger partial charge in [0.05, 0.1) is 22.3 Å². The number of pyridine rings is 1. The molecule has 0 radical (unpaired) electrons. The molecule has 0 atom stereocenters. The largest absolute Gasteiger partial charge is 0.244 e. The van der Waals surface area contributed by atoms with Crippen molar-refractivity contribution < 1.29 is 0 Å². The summed E-state index contributed by atoms with van der Waals surface area (Å²) in [6.07, 6.45) is 0. The summed E-state index contributed by atoms with van der Waals surface area (Å²) in [5.74, 6) is 0.605. The Balaban J connectivity index is 1.08. The molecule has 2 aliphatic carbocycles. The average Bonchev–Trinajstić information content (AvgIpc) is 3.71. The van der Waals surface area contributed by atoms with Gasteiger partial charge in [0.15, 0.2) is 5.82 Å². The maximum Gasteiger partial charge on any atom is 0.179 e. The van der Waals surface area contributed by atoms with Crippen molar-refractivity contribution in [1.82, 2.24) is 15.0 Å². The number of rotatable bonds is 4.